The number of amidine groups is 1. The molecule has 104 valence electrons. The first-order chi connectivity index (χ1) is 8.77. The lowest BCUT2D eigenvalue weighted by molar-refractivity contribution is 1.40. The van der Waals surface area contributed by atoms with Crippen molar-refractivity contribution in [3.8, 4) is 11.3 Å². The molecule has 2 aromatic carbocycles. The fraction of sp³-hybridized carbons (Fsp3) is 0. The van der Waals surface area contributed by atoms with Gasteiger partial charge in [-0.15, -0.1) is 24.8 Å². The van der Waals surface area contributed by atoms with E-state index in [4.69, 9.17) is 11.1 Å². The molecule has 0 fully saturated rings. The minimum atomic E-state index is 0. The molecule has 1 heterocycles. The molecule has 0 spiro atoms. The van der Waals surface area contributed by atoms with E-state index in [0.717, 1.165) is 27.7 Å². The third-order valence-electron chi connectivity index (χ3n) is 3.04. The number of nitrogens with one attached hydrogen (secondary N) is 2. The molecule has 20 heavy (non-hydrogen) atoms. The molecular formula is C15H15Cl2N3. The van der Waals surface area contributed by atoms with Gasteiger partial charge in [-0.3, -0.25) is 5.41 Å². The fourth-order valence-corrected chi connectivity index (χ4v) is 2.24. The number of nitrogens with two attached hydrogens (primary N) is 1. The number of benzene rings is 2. The Morgan fingerprint density at radius 2 is 1.50 bits per heavy atom. The lowest BCUT2D eigenvalue weighted by atomic mass is 10.0. The van der Waals surface area contributed by atoms with E-state index < -0.39 is 0 Å². The Morgan fingerprint density at radius 3 is 2.15 bits per heavy atom. The highest BCUT2D eigenvalue weighted by molar-refractivity contribution is 6.12. The second-order valence-electron chi connectivity index (χ2n) is 4.20. The van der Waals surface area contributed by atoms with Crippen LogP contribution in [0.4, 0.5) is 0 Å². The number of fused-ring (bicyclic) bond motifs is 1. The van der Waals surface area contributed by atoms with Crippen molar-refractivity contribution in [3.63, 3.8) is 0 Å². The lowest BCUT2D eigenvalue weighted by Crippen LogP contribution is -2.11. The average Bonchev–Trinajstić information content (AvgIpc) is 2.79. The van der Waals surface area contributed by atoms with Gasteiger partial charge in [0.1, 0.15) is 5.84 Å². The molecule has 0 aliphatic rings. The molecular weight excluding hydrogens is 293 g/mol. The zero-order valence-corrected chi connectivity index (χ0v) is 12.2. The topological polar surface area (TPSA) is 65.7 Å². The van der Waals surface area contributed by atoms with Crippen LogP contribution in [0.3, 0.4) is 0 Å². The summed E-state index contributed by atoms with van der Waals surface area (Å²) in [4.78, 5) is 3.34. The summed E-state index contributed by atoms with van der Waals surface area (Å²) < 4.78 is 0. The van der Waals surface area contributed by atoms with Crippen molar-refractivity contribution in [2.24, 2.45) is 5.73 Å². The Balaban J connectivity index is 0.000001000. The van der Waals surface area contributed by atoms with Gasteiger partial charge >= 0.3 is 0 Å². The van der Waals surface area contributed by atoms with E-state index in [9.17, 15) is 0 Å². The van der Waals surface area contributed by atoms with Gasteiger partial charge in [-0.2, -0.15) is 0 Å². The largest absolute Gasteiger partial charge is 0.384 e. The maximum absolute atomic E-state index is 7.78. The summed E-state index contributed by atoms with van der Waals surface area (Å²) in [6, 6.07) is 17.8. The number of para-hydroxylation sites is 1. The van der Waals surface area contributed by atoms with Crippen molar-refractivity contribution in [2.75, 3.05) is 0 Å². The maximum Gasteiger partial charge on any atom is 0.125 e. The molecule has 0 bridgehead atoms. The van der Waals surface area contributed by atoms with E-state index in [-0.39, 0.29) is 30.6 Å². The van der Waals surface area contributed by atoms with Crippen molar-refractivity contribution in [1.29, 1.82) is 5.41 Å². The van der Waals surface area contributed by atoms with E-state index in [2.05, 4.69) is 4.98 Å². The Bertz CT molecular complexity index is 720. The highest BCUT2D eigenvalue weighted by atomic mass is 35.5. The summed E-state index contributed by atoms with van der Waals surface area (Å²) >= 11 is 0. The van der Waals surface area contributed by atoms with Crippen molar-refractivity contribution in [3.05, 3.63) is 60.2 Å². The van der Waals surface area contributed by atoms with E-state index in [1.165, 1.54) is 0 Å². The lowest BCUT2D eigenvalue weighted by Gasteiger charge is -2.02. The molecule has 4 N–H and O–H groups in total. The Kier molecular flexibility index (Phi) is 5.19. The minimum absolute atomic E-state index is 0. The van der Waals surface area contributed by atoms with Gasteiger partial charge in [-0.1, -0.05) is 48.5 Å². The second kappa shape index (κ2) is 6.46. The number of hydrogen-bond acceptors (Lipinski definition) is 1. The summed E-state index contributed by atoms with van der Waals surface area (Å²) in [5.74, 6) is 0.0892. The van der Waals surface area contributed by atoms with Crippen LogP contribution in [0.2, 0.25) is 0 Å². The van der Waals surface area contributed by atoms with Crippen LogP contribution in [0, 0.1) is 5.41 Å². The van der Waals surface area contributed by atoms with Gasteiger partial charge in [-0.05, 0) is 11.6 Å². The SMILES string of the molecule is Cl.Cl.N=C(N)c1c(-c2ccccc2)[nH]c2ccccc12. The third kappa shape index (κ3) is 2.64. The molecule has 0 aliphatic carbocycles. The van der Waals surface area contributed by atoms with Gasteiger partial charge in [0.2, 0.25) is 0 Å². The summed E-state index contributed by atoms with van der Waals surface area (Å²) in [7, 11) is 0. The zero-order valence-electron chi connectivity index (χ0n) is 10.6. The number of rotatable bonds is 2. The first kappa shape index (κ1) is 16.1. The fourth-order valence-electron chi connectivity index (χ4n) is 2.24. The average molecular weight is 308 g/mol. The van der Waals surface area contributed by atoms with Crippen LogP contribution >= 0.6 is 24.8 Å². The molecule has 3 nitrogen and oxygen atoms in total. The quantitative estimate of drug-likeness (QED) is 0.487. The molecule has 3 aromatic rings. The molecule has 0 saturated heterocycles. The molecule has 3 rings (SSSR count). The second-order valence-corrected chi connectivity index (χ2v) is 4.20. The van der Waals surface area contributed by atoms with Crippen LogP contribution in [0.15, 0.2) is 54.6 Å². The molecule has 0 atom stereocenters. The van der Waals surface area contributed by atoms with Crippen LogP contribution in [-0.2, 0) is 0 Å². The molecule has 0 aliphatic heterocycles. The smallest absolute Gasteiger partial charge is 0.125 e. The standard InChI is InChI=1S/C15H13N3.2ClH/c16-15(17)13-11-8-4-5-9-12(11)18-14(13)10-6-2-1-3-7-10;;/h1-9,18H,(H3,16,17);2*1H. The van der Waals surface area contributed by atoms with Gasteiger partial charge in [-0.25, -0.2) is 0 Å². The highest BCUT2D eigenvalue weighted by Crippen LogP contribution is 2.29. The van der Waals surface area contributed by atoms with Crippen molar-refractivity contribution >= 4 is 41.6 Å². The Morgan fingerprint density at radius 1 is 0.900 bits per heavy atom. The number of aromatic nitrogens is 1. The first-order valence-electron chi connectivity index (χ1n) is 5.78. The number of nitrogen functional groups attached to an aromatic ring is 1. The Hall–Kier alpha value is -1.97. The summed E-state index contributed by atoms with van der Waals surface area (Å²) in [5, 5.41) is 8.77. The molecule has 5 heteroatoms. The number of hydrogen-bond donors (Lipinski definition) is 3. The molecule has 0 saturated carbocycles. The first-order valence-corrected chi connectivity index (χ1v) is 5.78. The van der Waals surface area contributed by atoms with Gasteiger partial charge in [0.05, 0.1) is 5.69 Å². The third-order valence-corrected chi connectivity index (χ3v) is 3.04. The van der Waals surface area contributed by atoms with E-state index in [0.29, 0.717) is 0 Å². The Labute approximate surface area is 129 Å². The van der Waals surface area contributed by atoms with Crippen LogP contribution < -0.4 is 5.73 Å². The zero-order chi connectivity index (χ0) is 12.5. The van der Waals surface area contributed by atoms with Gasteiger partial charge < -0.3 is 10.7 Å². The molecule has 0 amide bonds. The van der Waals surface area contributed by atoms with Gasteiger partial charge in [0.15, 0.2) is 0 Å². The summed E-state index contributed by atoms with van der Waals surface area (Å²) in [6.45, 7) is 0. The number of H-pyrrole nitrogens is 1. The van der Waals surface area contributed by atoms with Crippen molar-refractivity contribution in [1.82, 2.24) is 4.98 Å². The monoisotopic (exact) mass is 307 g/mol. The van der Waals surface area contributed by atoms with Gasteiger partial charge in [0.25, 0.3) is 0 Å². The predicted octanol–water partition coefficient (Wildman–Crippen LogP) is 3.96. The number of aromatic amines is 1. The predicted molar refractivity (Wildman–Crippen MR) is 89.2 cm³/mol. The van der Waals surface area contributed by atoms with Crippen LogP contribution in [0.1, 0.15) is 5.56 Å². The van der Waals surface area contributed by atoms with Crippen molar-refractivity contribution < 1.29 is 0 Å². The summed E-state index contributed by atoms with van der Waals surface area (Å²) in [5.41, 5.74) is 9.45. The number of halogens is 2. The molecule has 1 aromatic heterocycles. The molecule has 0 unspecified atom stereocenters. The van der Waals surface area contributed by atoms with Gasteiger partial charge in [0, 0.05) is 16.5 Å². The van der Waals surface area contributed by atoms with Crippen LogP contribution in [-0.4, -0.2) is 10.8 Å². The van der Waals surface area contributed by atoms with Crippen LogP contribution in [0.5, 0.6) is 0 Å². The van der Waals surface area contributed by atoms with E-state index in [1.54, 1.807) is 0 Å². The van der Waals surface area contributed by atoms with E-state index >= 15 is 0 Å². The minimum Gasteiger partial charge on any atom is -0.384 e. The highest BCUT2D eigenvalue weighted by Gasteiger charge is 2.14. The normalized spacial score (nSPS) is 9.60. The van der Waals surface area contributed by atoms with E-state index in [1.807, 2.05) is 54.6 Å². The summed E-state index contributed by atoms with van der Waals surface area (Å²) in [6.07, 6.45) is 0. The maximum atomic E-state index is 7.78. The van der Waals surface area contributed by atoms with Crippen LogP contribution in [0.25, 0.3) is 22.2 Å². The van der Waals surface area contributed by atoms with Crippen molar-refractivity contribution in [2.45, 2.75) is 0 Å². The molecule has 0 radical (unpaired) electrons.